The van der Waals surface area contributed by atoms with Gasteiger partial charge in [-0.2, -0.15) is 4.31 Å². The van der Waals surface area contributed by atoms with Crippen LogP contribution in [-0.2, 0) is 19.6 Å². The predicted octanol–water partition coefficient (Wildman–Crippen LogP) is 0.542. The fraction of sp³-hybridized carbons (Fsp3) is 0.385. The van der Waals surface area contributed by atoms with Crippen molar-refractivity contribution in [3.63, 3.8) is 0 Å². The van der Waals surface area contributed by atoms with Crippen molar-refractivity contribution in [2.24, 2.45) is 11.8 Å². The maximum atomic E-state index is 12.7. The first-order valence-corrected chi connectivity index (χ1v) is 8.24. The second kappa shape index (κ2) is 4.79. The standard InChI is InChI=1S/C13H13ClN2O4S/c1-7-3-2-4-10(14)11(7)21(19,20)16-5-8-9(6-16)13(18)15-12(8)17/h2-4,8-9H,5-6H2,1H3,(H,15,17,18)/t8-,9+. The van der Waals surface area contributed by atoms with E-state index in [0.717, 1.165) is 0 Å². The Bertz CT molecular complexity index is 704. The van der Waals surface area contributed by atoms with Crippen molar-refractivity contribution in [1.82, 2.24) is 9.62 Å². The smallest absolute Gasteiger partial charge is 0.244 e. The van der Waals surface area contributed by atoms with Gasteiger partial charge < -0.3 is 0 Å². The first-order valence-electron chi connectivity index (χ1n) is 6.42. The zero-order valence-electron chi connectivity index (χ0n) is 11.2. The molecular weight excluding hydrogens is 316 g/mol. The van der Waals surface area contributed by atoms with Crippen LogP contribution in [0.5, 0.6) is 0 Å². The molecule has 2 aliphatic heterocycles. The predicted molar refractivity (Wildman–Crippen MR) is 75.1 cm³/mol. The summed E-state index contributed by atoms with van der Waals surface area (Å²) in [5, 5.41) is 2.37. The number of benzene rings is 1. The van der Waals surface area contributed by atoms with E-state index in [-0.39, 0.29) is 23.0 Å². The summed E-state index contributed by atoms with van der Waals surface area (Å²) in [6, 6.07) is 4.84. The van der Waals surface area contributed by atoms with Gasteiger partial charge in [-0.05, 0) is 18.6 Å². The number of sulfonamides is 1. The van der Waals surface area contributed by atoms with E-state index in [4.69, 9.17) is 11.6 Å². The quantitative estimate of drug-likeness (QED) is 0.803. The fourth-order valence-electron chi connectivity index (χ4n) is 2.87. The highest BCUT2D eigenvalue weighted by Gasteiger charge is 2.51. The van der Waals surface area contributed by atoms with Gasteiger partial charge in [-0.3, -0.25) is 14.9 Å². The largest absolute Gasteiger partial charge is 0.296 e. The van der Waals surface area contributed by atoms with Crippen molar-refractivity contribution in [2.45, 2.75) is 11.8 Å². The van der Waals surface area contributed by atoms with Crippen LogP contribution in [0.25, 0.3) is 0 Å². The van der Waals surface area contributed by atoms with E-state index < -0.39 is 33.7 Å². The van der Waals surface area contributed by atoms with Gasteiger partial charge in [0.15, 0.2) is 0 Å². The summed E-state index contributed by atoms with van der Waals surface area (Å²) in [7, 11) is -3.82. The number of fused-ring (bicyclic) bond motifs is 1. The van der Waals surface area contributed by atoms with Gasteiger partial charge in [-0.15, -0.1) is 0 Å². The van der Waals surface area contributed by atoms with Crippen molar-refractivity contribution >= 4 is 33.4 Å². The number of carbonyl (C=O) groups excluding carboxylic acids is 2. The maximum Gasteiger partial charge on any atom is 0.244 e. The molecule has 2 saturated heterocycles. The molecule has 0 saturated carbocycles. The average Bonchev–Trinajstić information content (AvgIpc) is 2.92. The lowest BCUT2D eigenvalue weighted by Gasteiger charge is -2.19. The molecule has 3 rings (SSSR count). The lowest BCUT2D eigenvalue weighted by atomic mass is 10.00. The Morgan fingerprint density at radius 1 is 1.19 bits per heavy atom. The number of halogens is 1. The number of hydrogen-bond donors (Lipinski definition) is 1. The SMILES string of the molecule is Cc1cccc(Cl)c1S(=O)(=O)N1C[C@@H]2C(=O)NC(=O)[C@@H]2C1. The summed E-state index contributed by atoms with van der Waals surface area (Å²) < 4.78 is 26.6. The maximum absolute atomic E-state index is 12.7. The van der Waals surface area contributed by atoms with Crippen LogP contribution in [-0.4, -0.2) is 37.6 Å². The minimum absolute atomic E-state index is 0.00916. The van der Waals surface area contributed by atoms with Gasteiger partial charge >= 0.3 is 0 Å². The molecule has 2 aliphatic rings. The van der Waals surface area contributed by atoms with Crippen LogP contribution in [0.1, 0.15) is 5.56 Å². The third-order valence-electron chi connectivity index (χ3n) is 3.97. The van der Waals surface area contributed by atoms with Crippen LogP contribution in [0.3, 0.4) is 0 Å². The van der Waals surface area contributed by atoms with Gasteiger partial charge in [0, 0.05) is 13.1 Å². The van der Waals surface area contributed by atoms with E-state index in [9.17, 15) is 18.0 Å². The Hall–Kier alpha value is -1.44. The highest BCUT2D eigenvalue weighted by Crippen LogP contribution is 2.35. The van der Waals surface area contributed by atoms with Gasteiger partial charge in [-0.25, -0.2) is 8.42 Å². The van der Waals surface area contributed by atoms with Crippen molar-refractivity contribution in [3.05, 3.63) is 28.8 Å². The highest BCUT2D eigenvalue weighted by molar-refractivity contribution is 7.89. The van der Waals surface area contributed by atoms with Gasteiger partial charge in [-0.1, -0.05) is 23.7 Å². The third kappa shape index (κ3) is 2.16. The molecule has 1 aromatic rings. The number of amides is 2. The van der Waals surface area contributed by atoms with Crippen molar-refractivity contribution in [2.75, 3.05) is 13.1 Å². The second-order valence-electron chi connectivity index (χ2n) is 5.27. The molecule has 2 fully saturated rings. The molecule has 0 aromatic heterocycles. The average molecular weight is 329 g/mol. The Morgan fingerprint density at radius 2 is 1.76 bits per heavy atom. The Morgan fingerprint density at radius 3 is 2.29 bits per heavy atom. The Kier molecular flexibility index (Phi) is 3.31. The molecule has 0 unspecified atom stereocenters. The van der Waals surface area contributed by atoms with Gasteiger partial charge in [0.25, 0.3) is 0 Å². The number of nitrogens with one attached hydrogen (secondary N) is 1. The van der Waals surface area contributed by atoms with Crippen LogP contribution in [0.15, 0.2) is 23.1 Å². The van der Waals surface area contributed by atoms with E-state index in [0.29, 0.717) is 5.56 Å². The van der Waals surface area contributed by atoms with Gasteiger partial charge in [0.2, 0.25) is 21.8 Å². The minimum atomic E-state index is -3.82. The van der Waals surface area contributed by atoms with E-state index in [1.165, 1.54) is 10.4 Å². The molecule has 0 bridgehead atoms. The van der Waals surface area contributed by atoms with Crippen LogP contribution >= 0.6 is 11.6 Å². The van der Waals surface area contributed by atoms with Crippen LogP contribution in [0.4, 0.5) is 0 Å². The molecule has 0 aliphatic carbocycles. The molecule has 6 nitrogen and oxygen atoms in total. The molecule has 2 heterocycles. The normalized spacial score (nSPS) is 26.0. The van der Waals surface area contributed by atoms with Crippen molar-refractivity contribution < 1.29 is 18.0 Å². The summed E-state index contributed by atoms with van der Waals surface area (Å²) in [5.41, 5.74) is 0.537. The molecule has 2 atom stereocenters. The summed E-state index contributed by atoms with van der Waals surface area (Å²) in [6.45, 7) is 1.68. The van der Waals surface area contributed by atoms with E-state index in [1.54, 1.807) is 19.1 Å². The first kappa shape index (κ1) is 14.5. The molecule has 21 heavy (non-hydrogen) atoms. The summed E-state index contributed by atoms with van der Waals surface area (Å²) >= 11 is 6.02. The lowest BCUT2D eigenvalue weighted by Crippen LogP contribution is -2.35. The van der Waals surface area contributed by atoms with Crippen molar-refractivity contribution in [3.8, 4) is 0 Å². The van der Waals surface area contributed by atoms with Crippen LogP contribution in [0, 0.1) is 18.8 Å². The summed E-state index contributed by atoms with van der Waals surface area (Å²) in [5.74, 6) is -2.01. The number of hydrogen-bond acceptors (Lipinski definition) is 4. The van der Waals surface area contributed by atoms with Crippen molar-refractivity contribution in [1.29, 1.82) is 0 Å². The highest BCUT2D eigenvalue weighted by atomic mass is 35.5. The molecule has 1 N–H and O–H groups in total. The van der Waals surface area contributed by atoms with Gasteiger partial charge in [0.05, 0.1) is 16.9 Å². The van der Waals surface area contributed by atoms with Crippen LogP contribution < -0.4 is 5.32 Å². The van der Waals surface area contributed by atoms with E-state index in [2.05, 4.69) is 5.32 Å². The molecule has 0 radical (unpaired) electrons. The third-order valence-corrected chi connectivity index (χ3v) is 6.43. The second-order valence-corrected chi connectivity index (χ2v) is 7.56. The number of rotatable bonds is 2. The number of nitrogens with zero attached hydrogens (tertiary/aromatic N) is 1. The summed E-state index contributed by atoms with van der Waals surface area (Å²) in [6.07, 6.45) is 0. The Labute approximate surface area is 127 Å². The number of aryl methyl sites for hydroxylation is 1. The minimum Gasteiger partial charge on any atom is -0.296 e. The molecule has 2 amide bonds. The molecule has 1 aromatic carbocycles. The Balaban J connectivity index is 1.98. The molecule has 112 valence electrons. The number of imide groups is 1. The topological polar surface area (TPSA) is 83.6 Å². The molecular formula is C13H13ClN2O4S. The van der Waals surface area contributed by atoms with Gasteiger partial charge in [0.1, 0.15) is 4.90 Å². The van der Waals surface area contributed by atoms with E-state index >= 15 is 0 Å². The molecule has 0 spiro atoms. The number of carbonyl (C=O) groups is 2. The molecule has 8 heteroatoms. The zero-order chi connectivity index (χ0) is 15.4. The van der Waals surface area contributed by atoms with E-state index in [1.807, 2.05) is 0 Å². The first-order chi connectivity index (χ1) is 9.82. The monoisotopic (exact) mass is 328 g/mol. The zero-order valence-corrected chi connectivity index (χ0v) is 12.7. The van der Waals surface area contributed by atoms with Crippen LogP contribution in [0.2, 0.25) is 5.02 Å². The fourth-order valence-corrected chi connectivity index (χ4v) is 5.15. The lowest BCUT2D eigenvalue weighted by molar-refractivity contribution is -0.126. The summed E-state index contributed by atoms with van der Waals surface area (Å²) in [4.78, 5) is 23.3.